The van der Waals surface area contributed by atoms with Crippen LogP contribution < -0.4 is 10.1 Å². The summed E-state index contributed by atoms with van der Waals surface area (Å²) in [5.41, 5.74) is 0.829. The van der Waals surface area contributed by atoms with Crippen LogP contribution in [-0.4, -0.2) is 16.0 Å². The van der Waals surface area contributed by atoms with Crippen molar-refractivity contribution in [3.8, 4) is 11.6 Å². The van der Waals surface area contributed by atoms with Gasteiger partial charge in [-0.1, -0.05) is 17.7 Å². The molecule has 0 saturated heterocycles. The minimum absolute atomic E-state index is 0.0145. The largest absolute Gasteiger partial charge is 0.434 e. The van der Waals surface area contributed by atoms with Gasteiger partial charge >= 0.3 is 0 Å². The molecule has 0 spiro atoms. The summed E-state index contributed by atoms with van der Waals surface area (Å²) in [6.07, 6.45) is 5.54. The summed E-state index contributed by atoms with van der Waals surface area (Å²) in [6, 6.07) is 5.18. The van der Waals surface area contributed by atoms with Crippen LogP contribution in [0.1, 0.15) is 18.5 Å². The van der Waals surface area contributed by atoms with E-state index < -0.39 is 5.82 Å². The minimum Gasteiger partial charge on any atom is -0.434 e. The zero-order chi connectivity index (χ0) is 13.9. The van der Waals surface area contributed by atoms with Crippen LogP contribution in [-0.2, 0) is 6.54 Å². The van der Waals surface area contributed by atoms with Crippen molar-refractivity contribution in [1.82, 2.24) is 15.3 Å². The second kappa shape index (κ2) is 5.73. The average molecular weight is 294 g/mol. The maximum Gasteiger partial charge on any atom is 0.237 e. The van der Waals surface area contributed by atoms with E-state index in [-0.39, 0.29) is 16.7 Å². The summed E-state index contributed by atoms with van der Waals surface area (Å²) in [5.74, 6) is -0.326. The van der Waals surface area contributed by atoms with Crippen LogP contribution >= 0.6 is 11.6 Å². The van der Waals surface area contributed by atoms with E-state index in [0.717, 1.165) is 5.69 Å². The van der Waals surface area contributed by atoms with E-state index in [1.165, 1.54) is 31.2 Å². The Hall–Kier alpha value is -1.72. The molecule has 1 saturated carbocycles. The highest BCUT2D eigenvalue weighted by atomic mass is 35.5. The van der Waals surface area contributed by atoms with Crippen molar-refractivity contribution < 1.29 is 9.13 Å². The average Bonchev–Trinajstić information content (AvgIpc) is 3.27. The molecule has 1 heterocycles. The van der Waals surface area contributed by atoms with Crippen molar-refractivity contribution in [2.75, 3.05) is 0 Å². The van der Waals surface area contributed by atoms with Crippen LogP contribution in [0.5, 0.6) is 11.6 Å². The standard InChI is InChI=1S/C14H13ClFN3O/c15-11-2-1-3-12(14(11)16)20-13-8-18-10(7-19-13)6-17-9-4-5-9/h1-3,7-9,17H,4-6H2. The van der Waals surface area contributed by atoms with Crippen LogP contribution in [0.15, 0.2) is 30.6 Å². The van der Waals surface area contributed by atoms with Crippen LogP contribution in [0.2, 0.25) is 5.02 Å². The molecule has 1 fully saturated rings. The Kier molecular flexibility index (Phi) is 3.80. The van der Waals surface area contributed by atoms with Gasteiger partial charge in [-0.15, -0.1) is 0 Å². The Bertz CT molecular complexity index is 602. The van der Waals surface area contributed by atoms with Crippen molar-refractivity contribution in [3.05, 3.63) is 47.1 Å². The highest BCUT2D eigenvalue weighted by molar-refractivity contribution is 6.30. The Morgan fingerprint density at radius 2 is 2.15 bits per heavy atom. The zero-order valence-electron chi connectivity index (χ0n) is 10.6. The number of nitrogens with one attached hydrogen (secondary N) is 1. The fraction of sp³-hybridized carbons (Fsp3) is 0.286. The van der Waals surface area contributed by atoms with E-state index in [4.69, 9.17) is 16.3 Å². The van der Waals surface area contributed by atoms with E-state index in [9.17, 15) is 4.39 Å². The molecule has 1 aromatic carbocycles. The number of nitrogens with zero attached hydrogens (tertiary/aromatic N) is 2. The quantitative estimate of drug-likeness (QED) is 0.919. The molecule has 3 rings (SSSR count). The molecule has 0 unspecified atom stereocenters. The Morgan fingerprint density at radius 1 is 1.30 bits per heavy atom. The highest BCUT2D eigenvalue weighted by Gasteiger charge is 2.20. The molecule has 1 N–H and O–H groups in total. The summed E-state index contributed by atoms with van der Waals surface area (Å²) in [5, 5.41) is 3.35. The number of aromatic nitrogens is 2. The van der Waals surface area contributed by atoms with Gasteiger partial charge in [0.2, 0.25) is 5.88 Å². The van der Waals surface area contributed by atoms with E-state index in [2.05, 4.69) is 15.3 Å². The summed E-state index contributed by atoms with van der Waals surface area (Å²) < 4.78 is 19.0. The van der Waals surface area contributed by atoms with E-state index in [0.29, 0.717) is 12.6 Å². The lowest BCUT2D eigenvalue weighted by Gasteiger charge is -2.07. The summed E-state index contributed by atoms with van der Waals surface area (Å²) in [4.78, 5) is 8.33. The van der Waals surface area contributed by atoms with Gasteiger partial charge in [0.05, 0.1) is 23.1 Å². The third-order valence-electron chi connectivity index (χ3n) is 2.96. The van der Waals surface area contributed by atoms with Crippen LogP contribution in [0.4, 0.5) is 4.39 Å². The Labute approximate surface area is 121 Å². The van der Waals surface area contributed by atoms with Gasteiger partial charge in [0, 0.05) is 12.6 Å². The number of ether oxygens (including phenoxy) is 1. The summed E-state index contributed by atoms with van der Waals surface area (Å²) in [7, 11) is 0. The molecule has 6 heteroatoms. The molecular weight excluding hydrogens is 281 g/mol. The van der Waals surface area contributed by atoms with Crippen LogP contribution in [0, 0.1) is 5.82 Å². The molecule has 20 heavy (non-hydrogen) atoms. The predicted octanol–water partition coefficient (Wildman–Crippen LogP) is 3.31. The molecular formula is C14H13ClFN3O. The van der Waals surface area contributed by atoms with Crippen molar-refractivity contribution in [1.29, 1.82) is 0 Å². The minimum atomic E-state index is -0.601. The van der Waals surface area contributed by atoms with Gasteiger partial charge in [-0.05, 0) is 25.0 Å². The second-order valence-electron chi connectivity index (χ2n) is 4.66. The number of hydrogen-bond donors (Lipinski definition) is 1. The first-order valence-corrected chi connectivity index (χ1v) is 6.76. The summed E-state index contributed by atoms with van der Waals surface area (Å²) >= 11 is 5.68. The van der Waals surface area contributed by atoms with E-state index in [1.54, 1.807) is 12.3 Å². The second-order valence-corrected chi connectivity index (χ2v) is 5.06. The normalized spacial score (nSPS) is 14.3. The number of benzene rings is 1. The molecule has 2 aromatic rings. The molecule has 104 valence electrons. The molecule has 0 atom stereocenters. The summed E-state index contributed by atoms with van der Waals surface area (Å²) in [6.45, 7) is 0.684. The first-order chi connectivity index (χ1) is 9.72. The van der Waals surface area contributed by atoms with Gasteiger partial charge in [0.1, 0.15) is 0 Å². The topological polar surface area (TPSA) is 47.0 Å². The van der Waals surface area contributed by atoms with Gasteiger partial charge in [-0.2, -0.15) is 0 Å². The maximum absolute atomic E-state index is 13.7. The van der Waals surface area contributed by atoms with Crippen molar-refractivity contribution >= 4 is 11.6 Å². The third kappa shape index (κ3) is 3.23. The number of rotatable bonds is 5. The monoisotopic (exact) mass is 293 g/mol. The molecule has 0 aliphatic heterocycles. The smallest absolute Gasteiger partial charge is 0.237 e. The zero-order valence-corrected chi connectivity index (χ0v) is 11.4. The predicted molar refractivity (Wildman–Crippen MR) is 73.4 cm³/mol. The van der Waals surface area contributed by atoms with E-state index in [1.807, 2.05) is 0 Å². The molecule has 0 radical (unpaired) electrons. The van der Waals surface area contributed by atoms with Crippen molar-refractivity contribution in [2.45, 2.75) is 25.4 Å². The van der Waals surface area contributed by atoms with Gasteiger partial charge in [-0.3, -0.25) is 4.98 Å². The first kappa shape index (κ1) is 13.3. The van der Waals surface area contributed by atoms with Gasteiger partial charge < -0.3 is 10.1 Å². The fourth-order valence-electron chi connectivity index (χ4n) is 1.70. The molecule has 1 aliphatic rings. The van der Waals surface area contributed by atoms with Crippen molar-refractivity contribution in [2.24, 2.45) is 0 Å². The highest BCUT2D eigenvalue weighted by Crippen LogP contribution is 2.27. The van der Waals surface area contributed by atoms with Gasteiger partial charge in [0.25, 0.3) is 0 Å². The third-order valence-corrected chi connectivity index (χ3v) is 3.25. The van der Waals surface area contributed by atoms with Crippen LogP contribution in [0.25, 0.3) is 0 Å². The molecule has 0 bridgehead atoms. The van der Waals surface area contributed by atoms with Gasteiger partial charge in [0.15, 0.2) is 11.6 Å². The molecule has 4 nitrogen and oxygen atoms in total. The molecule has 1 aliphatic carbocycles. The molecule has 0 amide bonds. The number of halogens is 2. The van der Waals surface area contributed by atoms with E-state index >= 15 is 0 Å². The fourth-order valence-corrected chi connectivity index (χ4v) is 1.86. The molecule has 1 aromatic heterocycles. The SMILES string of the molecule is Fc1c(Cl)cccc1Oc1cnc(CNC2CC2)cn1. The van der Waals surface area contributed by atoms with Gasteiger partial charge in [-0.25, -0.2) is 9.37 Å². The Balaban J connectivity index is 1.66. The Morgan fingerprint density at radius 3 is 2.85 bits per heavy atom. The number of hydrogen-bond acceptors (Lipinski definition) is 4. The maximum atomic E-state index is 13.7. The lowest BCUT2D eigenvalue weighted by atomic mass is 10.3. The van der Waals surface area contributed by atoms with Crippen LogP contribution in [0.3, 0.4) is 0 Å². The van der Waals surface area contributed by atoms with Crippen molar-refractivity contribution in [3.63, 3.8) is 0 Å². The first-order valence-electron chi connectivity index (χ1n) is 6.38. The lowest BCUT2D eigenvalue weighted by Crippen LogP contribution is -2.16. The lowest BCUT2D eigenvalue weighted by molar-refractivity contribution is 0.424.